The largest absolute Gasteiger partial charge is 0.394 e. The summed E-state index contributed by atoms with van der Waals surface area (Å²) in [6.07, 6.45) is 0.678. The van der Waals surface area contributed by atoms with Crippen LogP contribution in [0.15, 0.2) is 24.3 Å². The number of benzene rings is 1. The summed E-state index contributed by atoms with van der Waals surface area (Å²) in [6, 6.07) is 8.07. The lowest BCUT2D eigenvalue weighted by Crippen LogP contribution is -2.50. The molecule has 0 heterocycles. The van der Waals surface area contributed by atoms with Crippen molar-refractivity contribution in [1.29, 1.82) is 0 Å². The molecule has 0 bridgehead atoms. The number of hydrogen-bond donors (Lipinski definition) is 3. The van der Waals surface area contributed by atoms with Gasteiger partial charge in [-0.15, -0.1) is 0 Å². The van der Waals surface area contributed by atoms with Crippen LogP contribution in [0.25, 0.3) is 0 Å². The highest BCUT2D eigenvalue weighted by Crippen LogP contribution is 2.11. The smallest absolute Gasteiger partial charge is 0.0713 e. The zero-order valence-corrected chi connectivity index (χ0v) is 11.1. The Labute approximate surface area is 109 Å². The number of aliphatic hydroxyl groups is 2. The van der Waals surface area contributed by atoms with Gasteiger partial charge in [-0.2, -0.15) is 0 Å². The second-order valence-electron chi connectivity index (χ2n) is 4.56. The van der Waals surface area contributed by atoms with Gasteiger partial charge in [0.25, 0.3) is 0 Å². The lowest BCUT2D eigenvalue weighted by atomic mass is 9.98. The molecule has 0 amide bonds. The molecule has 0 radical (unpaired) electrons. The second-order valence-corrected chi connectivity index (χ2v) is 4.56. The van der Waals surface area contributed by atoms with Gasteiger partial charge >= 0.3 is 0 Å². The van der Waals surface area contributed by atoms with Gasteiger partial charge in [-0.1, -0.05) is 31.2 Å². The van der Waals surface area contributed by atoms with Gasteiger partial charge in [0, 0.05) is 13.7 Å². The van der Waals surface area contributed by atoms with Crippen LogP contribution in [0.1, 0.15) is 24.5 Å². The molecule has 0 aliphatic heterocycles. The van der Waals surface area contributed by atoms with E-state index in [0.717, 1.165) is 11.1 Å². The van der Waals surface area contributed by atoms with E-state index in [-0.39, 0.29) is 13.2 Å². The van der Waals surface area contributed by atoms with E-state index in [9.17, 15) is 10.2 Å². The van der Waals surface area contributed by atoms with Crippen molar-refractivity contribution in [3.63, 3.8) is 0 Å². The van der Waals surface area contributed by atoms with E-state index >= 15 is 0 Å². The molecule has 1 aromatic rings. The Morgan fingerprint density at radius 2 is 1.89 bits per heavy atom. The minimum Gasteiger partial charge on any atom is -0.394 e. The highest BCUT2D eigenvalue weighted by Gasteiger charge is 2.25. The molecule has 0 fully saturated rings. The summed E-state index contributed by atoms with van der Waals surface area (Å²) in [5.41, 5.74) is 1.63. The highest BCUT2D eigenvalue weighted by molar-refractivity contribution is 5.23. The van der Waals surface area contributed by atoms with Crippen molar-refractivity contribution in [3.05, 3.63) is 35.4 Å². The predicted molar refractivity (Wildman–Crippen MR) is 71.2 cm³/mol. The lowest BCUT2D eigenvalue weighted by molar-refractivity contribution is 0.0864. The molecule has 0 aliphatic rings. The van der Waals surface area contributed by atoms with E-state index < -0.39 is 5.54 Å². The van der Waals surface area contributed by atoms with Crippen LogP contribution in [0.5, 0.6) is 0 Å². The number of aliphatic hydroxyl groups excluding tert-OH is 2. The maximum atomic E-state index is 9.35. The summed E-state index contributed by atoms with van der Waals surface area (Å²) in [6.45, 7) is 3.01. The van der Waals surface area contributed by atoms with Crippen molar-refractivity contribution in [2.45, 2.75) is 32.0 Å². The third-order valence-corrected chi connectivity index (χ3v) is 3.25. The molecule has 0 spiro atoms. The SMILES string of the molecule is CCC(CO)(CO)NCc1cccc(COC)c1. The molecule has 102 valence electrons. The third kappa shape index (κ3) is 4.07. The average molecular weight is 253 g/mol. The van der Waals surface area contributed by atoms with Crippen molar-refractivity contribution in [2.24, 2.45) is 0 Å². The Morgan fingerprint density at radius 1 is 1.22 bits per heavy atom. The number of nitrogens with one attached hydrogen (secondary N) is 1. The molecular weight excluding hydrogens is 230 g/mol. The Balaban J connectivity index is 2.64. The predicted octanol–water partition coefficient (Wildman–Crippen LogP) is 1.06. The quantitative estimate of drug-likeness (QED) is 0.648. The first-order chi connectivity index (χ1) is 8.69. The molecular formula is C14H23NO3. The van der Waals surface area contributed by atoms with Crippen LogP contribution in [0.2, 0.25) is 0 Å². The molecule has 3 N–H and O–H groups in total. The van der Waals surface area contributed by atoms with Gasteiger partial charge in [-0.3, -0.25) is 0 Å². The fraction of sp³-hybridized carbons (Fsp3) is 0.571. The first kappa shape index (κ1) is 15.1. The van der Waals surface area contributed by atoms with Crippen LogP contribution in [0, 0.1) is 0 Å². The van der Waals surface area contributed by atoms with Crippen LogP contribution in [0.3, 0.4) is 0 Å². The van der Waals surface area contributed by atoms with Gasteiger partial charge in [-0.05, 0) is 17.5 Å². The van der Waals surface area contributed by atoms with Crippen LogP contribution >= 0.6 is 0 Å². The second kappa shape index (κ2) is 7.48. The Kier molecular flexibility index (Phi) is 6.29. The van der Waals surface area contributed by atoms with Gasteiger partial charge in [0.2, 0.25) is 0 Å². The Bertz CT molecular complexity index is 342. The summed E-state index contributed by atoms with van der Waals surface area (Å²) in [7, 11) is 1.67. The highest BCUT2D eigenvalue weighted by atomic mass is 16.5. The van der Waals surface area contributed by atoms with Crippen molar-refractivity contribution in [2.75, 3.05) is 20.3 Å². The maximum Gasteiger partial charge on any atom is 0.0713 e. The number of methoxy groups -OCH3 is 1. The first-order valence-electron chi connectivity index (χ1n) is 6.23. The number of ether oxygens (including phenoxy) is 1. The van der Waals surface area contributed by atoms with Gasteiger partial charge < -0.3 is 20.3 Å². The van der Waals surface area contributed by atoms with Gasteiger partial charge in [0.15, 0.2) is 0 Å². The van der Waals surface area contributed by atoms with E-state index in [1.54, 1.807) is 7.11 Å². The zero-order chi connectivity index (χ0) is 13.4. The summed E-state index contributed by atoms with van der Waals surface area (Å²) in [5, 5.41) is 21.9. The van der Waals surface area contributed by atoms with E-state index in [0.29, 0.717) is 19.6 Å². The van der Waals surface area contributed by atoms with E-state index in [1.807, 2.05) is 25.1 Å². The Morgan fingerprint density at radius 3 is 2.44 bits per heavy atom. The summed E-state index contributed by atoms with van der Waals surface area (Å²) in [4.78, 5) is 0. The minimum atomic E-state index is -0.600. The molecule has 18 heavy (non-hydrogen) atoms. The van der Waals surface area contributed by atoms with Crippen molar-refractivity contribution in [1.82, 2.24) is 5.32 Å². The van der Waals surface area contributed by atoms with Gasteiger partial charge in [0.1, 0.15) is 0 Å². The van der Waals surface area contributed by atoms with Gasteiger partial charge in [0.05, 0.1) is 25.4 Å². The molecule has 4 heteroatoms. The lowest BCUT2D eigenvalue weighted by Gasteiger charge is -2.30. The Hall–Kier alpha value is -0.940. The number of hydrogen-bond acceptors (Lipinski definition) is 4. The minimum absolute atomic E-state index is 0.0717. The van der Waals surface area contributed by atoms with Crippen LogP contribution in [-0.4, -0.2) is 36.1 Å². The summed E-state index contributed by atoms with van der Waals surface area (Å²) in [5.74, 6) is 0. The first-order valence-corrected chi connectivity index (χ1v) is 6.23. The van der Waals surface area contributed by atoms with Crippen LogP contribution in [-0.2, 0) is 17.9 Å². The topological polar surface area (TPSA) is 61.7 Å². The third-order valence-electron chi connectivity index (χ3n) is 3.25. The fourth-order valence-electron chi connectivity index (χ4n) is 1.80. The van der Waals surface area contributed by atoms with E-state index in [2.05, 4.69) is 11.4 Å². The van der Waals surface area contributed by atoms with E-state index in [1.165, 1.54) is 0 Å². The van der Waals surface area contributed by atoms with Crippen LogP contribution in [0.4, 0.5) is 0 Å². The standard InChI is InChI=1S/C14H23NO3/c1-3-14(10-16,11-17)15-8-12-5-4-6-13(7-12)9-18-2/h4-7,15-17H,3,8-11H2,1-2H3. The molecule has 0 saturated heterocycles. The maximum absolute atomic E-state index is 9.35. The zero-order valence-electron chi connectivity index (χ0n) is 11.1. The molecule has 0 saturated carbocycles. The molecule has 0 unspecified atom stereocenters. The molecule has 4 nitrogen and oxygen atoms in total. The average Bonchev–Trinajstić information content (AvgIpc) is 2.42. The normalized spacial score (nSPS) is 11.8. The fourth-order valence-corrected chi connectivity index (χ4v) is 1.80. The van der Waals surface area contributed by atoms with Crippen molar-refractivity contribution in [3.8, 4) is 0 Å². The summed E-state index contributed by atoms with van der Waals surface area (Å²) >= 11 is 0. The molecule has 0 aliphatic carbocycles. The molecule has 1 rings (SSSR count). The number of rotatable bonds is 8. The van der Waals surface area contributed by atoms with Crippen molar-refractivity contribution >= 4 is 0 Å². The van der Waals surface area contributed by atoms with Crippen molar-refractivity contribution < 1.29 is 14.9 Å². The van der Waals surface area contributed by atoms with Gasteiger partial charge in [-0.25, -0.2) is 0 Å². The monoisotopic (exact) mass is 253 g/mol. The molecule has 0 atom stereocenters. The molecule has 0 aromatic heterocycles. The molecule has 1 aromatic carbocycles. The van der Waals surface area contributed by atoms with Crippen LogP contribution < -0.4 is 5.32 Å². The summed E-state index contributed by atoms with van der Waals surface area (Å²) < 4.78 is 5.09. The van der Waals surface area contributed by atoms with E-state index in [4.69, 9.17) is 4.74 Å².